The average molecular weight is 273 g/mol. The van der Waals surface area contributed by atoms with Crippen molar-refractivity contribution in [3.05, 3.63) is 42.2 Å². The zero-order valence-corrected chi connectivity index (χ0v) is 12.1. The molecule has 0 aliphatic carbocycles. The first-order valence-electron chi connectivity index (χ1n) is 6.71. The number of rotatable bonds is 5. The third-order valence-corrected chi connectivity index (χ3v) is 3.12. The van der Waals surface area contributed by atoms with E-state index < -0.39 is 0 Å². The van der Waals surface area contributed by atoms with Gasteiger partial charge in [-0.05, 0) is 37.6 Å². The molecule has 0 bridgehead atoms. The fourth-order valence-electron chi connectivity index (χ4n) is 2.11. The Kier molecular flexibility index (Phi) is 4.45. The minimum atomic E-state index is -0.288. The molecule has 0 spiro atoms. The maximum atomic E-state index is 11.9. The van der Waals surface area contributed by atoms with Gasteiger partial charge in [-0.3, -0.25) is 0 Å². The van der Waals surface area contributed by atoms with Crippen LogP contribution in [0.2, 0.25) is 0 Å². The lowest BCUT2D eigenvalue weighted by molar-refractivity contribution is 0.0514. The van der Waals surface area contributed by atoms with E-state index in [1.54, 1.807) is 14.0 Å². The molecule has 0 aliphatic rings. The van der Waals surface area contributed by atoms with Crippen LogP contribution >= 0.6 is 0 Å². The predicted octanol–water partition coefficient (Wildman–Crippen LogP) is 3.36. The first-order chi connectivity index (χ1) is 9.69. The molecule has 20 heavy (non-hydrogen) atoms. The highest BCUT2D eigenvalue weighted by Gasteiger charge is 2.14. The smallest absolute Gasteiger partial charge is 0.354 e. The van der Waals surface area contributed by atoms with Crippen LogP contribution < -0.4 is 4.74 Å². The maximum absolute atomic E-state index is 11.9. The number of carbonyl (C=O) groups is 1. The molecule has 2 aromatic rings. The van der Waals surface area contributed by atoms with Crippen molar-refractivity contribution in [3.8, 4) is 16.9 Å². The van der Waals surface area contributed by atoms with Gasteiger partial charge in [-0.2, -0.15) is 0 Å². The molecular formula is C16H19NO3. The molecule has 2 rings (SSSR count). The number of methoxy groups -OCH3 is 1. The van der Waals surface area contributed by atoms with Crippen LogP contribution in [-0.2, 0) is 11.3 Å². The maximum Gasteiger partial charge on any atom is 0.354 e. The Bertz CT molecular complexity index is 602. The van der Waals surface area contributed by atoms with Crippen LogP contribution in [0.1, 0.15) is 24.3 Å². The van der Waals surface area contributed by atoms with Crippen molar-refractivity contribution in [2.75, 3.05) is 13.7 Å². The topological polar surface area (TPSA) is 40.5 Å². The largest absolute Gasteiger partial charge is 0.497 e. The van der Waals surface area contributed by atoms with Gasteiger partial charge in [0.05, 0.1) is 13.7 Å². The Labute approximate surface area is 118 Å². The van der Waals surface area contributed by atoms with Crippen molar-refractivity contribution in [2.24, 2.45) is 0 Å². The number of ether oxygens (including phenoxy) is 2. The summed E-state index contributed by atoms with van der Waals surface area (Å²) in [5.74, 6) is 0.507. The molecule has 1 aromatic carbocycles. The van der Waals surface area contributed by atoms with E-state index in [-0.39, 0.29) is 5.97 Å². The lowest BCUT2D eigenvalue weighted by Crippen LogP contribution is -2.10. The van der Waals surface area contributed by atoms with E-state index in [9.17, 15) is 4.79 Å². The van der Waals surface area contributed by atoms with Crippen molar-refractivity contribution in [1.82, 2.24) is 4.57 Å². The predicted molar refractivity (Wildman–Crippen MR) is 78.1 cm³/mol. The monoisotopic (exact) mass is 273 g/mol. The minimum absolute atomic E-state index is 0.288. The quantitative estimate of drug-likeness (QED) is 0.784. The summed E-state index contributed by atoms with van der Waals surface area (Å²) in [7, 11) is 1.64. The molecular weight excluding hydrogens is 254 g/mol. The second-order valence-electron chi connectivity index (χ2n) is 4.35. The molecule has 1 aromatic heterocycles. The van der Waals surface area contributed by atoms with E-state index in [0.29, 0.717) is 12.3 Å². The van der Waals surface area contributed by atoms with Gasteiger partial charge >= 0.3 is 5.97 Å². The van der Waals surface area contributed by atoms with Crippen LogP contribution in [-0.4, -0.2) is 24.3 Å². The lowest BCUT2D eigenvalue weighted by atomic mass is 10.1. The van der Waals surface area contributed by atoms with Crippen molar-refractivity contribution in [1.29, 1.82) is 0 Å². The molecule has 0 radical (unpaired) electrons. The summed E-state index contributed by atoms with van der Waals surface area (Å²) in [6.45, 7) is 4.90. The fourth-order valence-corrected chi connectivity index (χ4v) is 2.11. The molecule has 0 N–H and O–H groups in total. The lowest BCUT2D eigenvalue weighted by Gasteiger charge is -2.04. The number of aryl methyl sites for hydroxylation is 1. The van der Waals surface area contributed by atoms with Crippen LogP contribution in [0.15, 0.2) is 36.5 Å². The Morgan fingerprint density at radius 3 is 2.65 bits per heavy atom. The van der Waals surface area contributed by atoms with E-state index in [0.717, 1.165) is 23.4 Å². The second kappa shape index (κ2) is 6.28. The molecule has 1 heterocycles. The van der Waals surface area contributed by atoms with Gasteiger partial charge < -0.3 is 14.0 Å². The molecule has 0 amide bonds. The molecule has 0 aliphatic heterocycles. The highest BCUT2D eigenvalue weighted by atomic mass is 16.5. The van der Waals surface area contributed by atoms with Gasteiger partial charge in [-0.25, -0.2) is 4.79 Å². The Morgan fingerprint density at radius 2 is 2.00 bits per heavy atom. The average Bonchev–Trinajstić information content (AvgIpc) is 2.92. The zero-order valence-electron chi connectivity index (χ0n) is 12.1. The molecule has 4 heteroatoms. The van der Waals surface area contributed by atoms with Gasteiger partial charge in [0.25, 0.3) is 0 Å². The van der Waals surface area contributed by atoms with E-state index >= 15 is 0 Å². The minimum Gasteiger partial charge on any atom is -0.497 e. The number of carbonyl (C=O) groups excluding carboxylic acids is 1. The van der Waals surface area contributed by atoms with Crippen LogP contribution in [0.4, 0.5) is 0 Å². The van der Waals surface area contributed by atoms with E-state index in [4.69, 9.17) is 9.47 Å². The molecule has 0 fully saturated rings. The van der Waals surface area contributed by atoms with Crippen molar-refractivity contribution >= 4 is 5.97 Å². The third-order valence-electron chi connectivity index (χ3n) is 3.12. The first kappa shape index (κ1) is 14.2. The summed E-state index contributed by atoms with van der Waals surface area (Å²) in [6.07, 6.45) is 1.96. The summed E-state index contributed by atoms with van der Waals surface area (Å²) in [4.78, 5) is 11.9. The van der Waals surface area contributed by atoms with Gasteiger partial charge in [-0.1, -0.05) is 12.1 Å². The number of aromatic nitrogens is 1. The first-order valence-corrected chi connectivity index (χ1v) is 6.71. The van der Waals surface area contributed by atoms with Gasteiger partial charge in [0.15, 0.2) is 0 Å². The van der Waals surface area contributed by atoms with Crippen molar-refractivity contribution in [3.63, 3.8) is 0 Å². The zero-order chi connectivity index (χ0) is 14.5. The van der Waals surface area contributed by atoms with Crippen molar-refractivity contribution in [2.45, 2.75) is 20.4 Å². The number of esters is 1. The summed E-state index contributed by atoms with van der Waals surface area (Å²) in [6, 6.07) is 9.63. The second-order valence-corrected chi connectivity index (χ2v) is 4.35. The van der Waals surface area contributed by atoms with Crippen LogP contribution in [0.3, 0.4) is 0 Å². The van der Waals surface area contributed by atoms with Crippen molar-refractivity contribution < 1.29 is 14.3 Å². The molecule has 0 unspecified atom stereocenters. The van der Waals surface area contributed by atoms with Gasteiger partial charge in [0.2, 0.25) is 0 Å². The molecule has 0 atom stereocenters. The number of hydrogen-bond acceptors (Lipinski definition) is 3. The Balaban J connectivity index is 2.40. The van der Waals surface area contributed by atoms with Crippen LogP contribution in [0.5, 0.6) is 5.75 Å². The van der Waals surface area contributed by atoms with Gasteiger partial charge in [0.1, 0.15) is 11.4 Å². The van der Waals surface area contributed by atoms with Gasteiger partial charge in [-0.15, -0.1) is 0 Å². The third kappa shape index (κ3) is 2.85. The van der Waals surface area contributed by atoms with Crippen LogP contribution in [0.25, 0.3) is 11.1 Å². The van der Waals surface area contributed by atoms with E-state index in [1.807, 2.05) is 48.0 Å². The summed E-state index contributed by atoms with van der Waals surface area (Å²) in [5, 5.41) is 0. The fraction of sp³-hybridized carbons (Fsp3) is 0.312. The highest BCUT2D eigenvalue weighted by Crippen LogP contribution is 2.26. The summed E-state index contributed by atoms with van der Waals surface area (Å²) >= 11 is 0. The number of benzene rings is 1. The highest BCUT2D eigenvalue weighted by molar-refractivity contribution is 5.90. The summed E-state index contributed by atoms with van der Waals surface area (Å²) < 4.78 is 12.2. The molecule has 4 nitrogen and oxygen atoms in total. The normalized spacial score (nSPS) is 10.3. The van der Waals surface area contributed by atoms with Gasteiger partial charge in [0, 0.05) is 18.3 Å². The Morgan fingerprint density at radius 1 is 1.20 bits per heavy atom. The SMILES string of the molecule is CCOC(=O)c1cc(-c2cccc(OC)c2)cn1CC. The molecule has 106 valence electrons. The van der Waals surface area contributed by atoms with E-state index in [2.05, 4.69) is 0 Å². The molecule has 0 saturated carbocycles. The molecule has 0 saturated heterocycles. The van der Waals surface area contributed by atoms with E-state index in [1.165, 1.54) is 0 Å². The number of hydrogen-bond donors (Lipinski definition) is 0. The standard InChI is InChI=1S/C16H19NO3/c1-4-17-11-13(10-15(17)16(18)20-5-2)12-7-6-8-14(9-12)19-3/h6-11H,4-5H2,1-3H3. The number of nitrogens with zero attached hydrogens (tertiary/aromatic N) is 1. The van der Waals surface area contributed by atoms with Crippen LogP contribution in [0, 0.1) is 0 Å². The Hall–Kier alpha value is -2.23. The summed E-state index contributed by atoms with van der Waals surface area (Å²) in [5.41, 5.74) is 2.57.